The maximum atomic E-state index is 6.42. The summed E-state index contributed by atoms with van der Waals surface area (Å²) in [7, 11) is 0. The van der Waals surface area contributed by atoms with E-state index < -0.39 is 0 Å². The SMILES string of the molecule is CC(C)(C)c1ccc(Cl)c(CCc2cc(C(C)(C)C)ccc2Cl)c1. The fourth-order valence-corrected chi connectivity index (χ4v) is 3.16. The van der Waals surface area contributed by atoms with Gasteiger partial charge in [-0.25, -0.2) is 0 Å². The summed E-state index contributed by atoms with van der Waals surface area (Å²) in [6.45, 7) is 13.4. The number of rotatable bonds is 3. The van der Waals surface area contributed by atoms with Gasteiger partial charge in [-0.3, -0.25) is 0 Å². The average molecular weight is 363 g/mol. The highest BCUT2D eigenvalue weighted by Gasteiger charge is 2.17. The van der Waals surface area contributed by atoms with Crippen molar-refractivity contribution in [1.29, 1.82) is 0 Å². The van der Waals surface area contributed by atoms with Crippen LogP contribution in [0.1, 0.15) is 63.8 Å². The molecule has 0 amide bonds. The Morgan fingerprint density at radius 1 is 0.625 bits per heavy atom. The number of aryl methyl sites for hydroxylation is 2. The Balaban J connectivity index is 2.25. The lowest BCUT2D eigenvalue weighted by molar-refractivity contribution is 0.588. The van der Waals surface area contributed by atoms with Gasteiger partial charge in [0.1, 0.15) is 0 Å². The zero-order valence-corrected chi connectivity index (χ0v) is 17.1. The van der Waals surface area contributed by atoms with Crippen molar-refractivity contribution in [2.45, 2.75) is 65.2 Å². The van der Waals surface area contributed by atoms with Gasteiger partial charge in [0.15, 0.2) is 0 Å². The predicted molar refractivity (Wildman–Crippen MR) is 108 cm³/mol. The predicted octanol–water partition coefficient (Wildman–Crippen LogP) is 7.37. The van der Waals surface area contributed by atoms with Gasteiger partial charge < -0.3 is 0 Å². The number of hydrogen-bond donors (Lipinski definition) is 0. The Bertz CT molecular complexity index is 652. The summed E-state index contributed by atoms with van der Waals surface area (Å²) in [5.41, 5.74) is 5.28. The van der Waals surface area contributed by atoms with Crippen molar-refractivity contribution in [3.05, 3.63) is 68.7 Å². The maximum Gasteiger partial charge on any atom is 0.0438 e. The quantitative estimate of drug-likeness (QED) is 0.534. The molecular formula is C22H28Cl2. The molecular weight excluding hydrogens is 335 g/mol. The lowest BCUT2D eigenvalue weighted by Crippen LogP contribution is -2.12. The summed E-state index contributed by atoms with van der Waals surface area (Å²) in [6, 6.07) is 12.8. The highest BCUT2D eigenvalue weighted by atomic mass is 35.5. The van der Waals surface area contributed by atoms with E-state index in [1.54, 1.807) is 0 Å². The Morgan fingerprint density at radius 2 is 0.958 bits per heavy atom. The number of halogens is 2. The molecule has 0 aromatic heterocycles. The number of hydrogen-bond acceptors (Lipinski definition) is 0. The molecule has 130 valence electrons. The summed E-state index contributed by atoms with van der Waals surface area (Å²) in [5, 5.41) is 1.68. The summed E-state index contributed by atoms with van der Waals surface area (Å²) < 4.78 is 0. The summed E-state index contributed by atoms with van der Waals surface area (Å²) in [5.74, 6) is 0. The van der Waals surface area contributed by atoms with E-state index in [1.807, 2.05) is 12.1 Å². The van der Waals surface area contributed by atoms with Crippen molar-refractivity contribution in [3.63, 3.8) is 0 Å². The molecule has 0 nitrogen and oxygen atoms in total. The minimum atomic E-state index is 0.128. The zero-order chi connectivity index (χ0) is 18.1. The Hall–Kier alpha value is -0.980. The van der Waals surface area contributed by atoms with Crippen molar-refractivity contribution in [1.82, 2.24) is 0 Å². The van der Waals surface area contributed by atoms with E-state index in [4.69, 9.17) is 23.2 Å². The molecule has 2 aromatic rings. The molecule has 0 spiro atoms. The van der Waals surface area contributed by atoms with Crippen LogP contribution in [0.25, 0.3) is 0 Å². The topological polar surface area (TPSA) is 0 Å². The van der Waals surface area contributed by atoms with Gasteiger partial charge >= 0.3 is 0 Å². The summed E-state index contributed by atoms with van der Waals surface area (Å²) in [6.07, 6.45) is 1.80. The summed E-state index contributed by atoms with van der Waals surface area (Å²) >= 11 is 12.8. The van der Waals surface area contributed by atoms with Gasteiger partial charge in [-0.05, 0) is 58.1 Å². The monoisotopic (exact) mass is 362 g/mol. The Kier molecular flexibility index (Phi) is 5.72. The second kappa shape index (κ2) is 7.10. The molecule has 0 radical (unpaired) electrons. The van der Waals surface area contributed by atoms with Crippen LogP contribution in [0.15, 0.2) is 36.4 Å². The van der Waals surface area contributed by atoms with Gasteiger partial charge in [0, 0.05) is 10.0 Å². The smallest absolute Gasteiger partial charge is 0.0438 e. The van der Waals surface area contributed by atoms with Crippen LogP contribution in [-0.4, -0.2) is 0 Å². The van der Waals surface area contributed by atoms with Crippen molar-refractivity contribution in [2.75, 3.05) is 0 Å². The minimum Gasteiger partial charge on any atom is -0.0840 e. The molecule has 24 heavy (non-hydrogen) atoms. The Labute approximate surface area is 157 Å². The maximum absolute atomic E-state index is 6.42. The lowest BCUT2D eigenvalue weighted by atomic mass is 9.84. The highest BCUT2D eigenvalue weighted by Crippen LogP contribution is 2.30. The molecule has 0 unspecified atom stereocenters. The molecule has 0 bridgehead atoms. The summed E-state index contributed by atoms with van der Waals surface area (Å²) in [4.78, 5) is 0. The van der Waals surface area contributed by atoms with E-state index >= 15 is 0 Å². The normalized spacial score (nSPS) is 12.5. The van der Waals surface area contributed by atoms with Crippen LogP contribution in [0.4, 0.5) is 0 Å². The van der Waals surface area contributed by atoms with E-state index in [0.29, 0.717) is 0 Å². The van der Waals surface area contributed by atoms with Crippen LogP contribution >= 0.6 is 23.2 Å². The first-order valence-electron chi connectivity index (χ1n) is 8.56. The van der Waals surface area contributed by atoms with Crippen LogP contribution < -0.4 is 0 Å². The van der Waals surface area contributed by atoms with Gasteiger partial charge in [0.25, 0.3) is 0 Å². The van der Waals surface area contributed by atoms with E-state index in [0.717, 1.165) is 22.9 Å². The molecule has 0 saturated heterocycles. The molecule has 0 atom stereocenters. The first kappa shape index (κ1) is 19.3. The zero-order valence-electron chi connectivity index (χ0n) is 15.6. The molecule has 0 fully saturated rings. The molecule has 2 aromatic carbocycles. The van der Waals surface area contributed by atoms with E-state index in [1.165, 1.54) is 22.3 Å². The van der Waals surface area contributed by atoms with Crippen LogP contribution in [0.3, 0.4) is 0 Å². The molecule has 0 aliphatic carbocycles. The third-order valence-corrected chi connectivity index (χ3v) is 5.22. The molecule has 0 saturated carbocycles. The first-order chi connectivity index (χ1) is 11.0. The molecule has 2 heteroatoms. The first-order valence-corrected chi connectivity index (χ1v) is 9.32. The van der Waals surface area contributed by atoms with Gasteiger partial charge in [-0.2, -0.15) is 0 Å². The highest BCUT2D eigenvalue weighted by molar-refractivity contribution is 6.31. The second-order valence-electron chi connectivity index (χ2n) is 8.61. The van der Waals surface area contributed by atoms with Crippen molar-refractivity contribution < 1.29 is 0 Å². The van der Waals surface area contributed by atoms with Crippen LogP contribution in [0, 0.1) is 0 Å². The van der Waals surface area contributed by atoms with Gasteiger partial charge in [-0.1, -0.05) is 89.0 Å². The number of benzene rings is 2. The van der Waals surface area contributed by atoms with E-state index in [9.17, 15) is 0 Å². The molecule has 0 aliphatic heterocycles. The average Bonchev–Trinajstić information content (AvgIpc) is 2.45. The van der Waals surface area contributed by atoms with Gasteiger partial charge in [-0.15, -0.1) is 0 Å². The van der Waals surface area contributed by atoms with Gasteiger partial charge in [0.2, 0.25) is 0 Å². The molecule has 0 heterocycles. The second-order valence-corrected chi connectivity index (χ2v) is 9.43. The third-order valence-electron chi connectivity index (χ3n) is 4.49. The van der Waals surface area contributed by atoms with Crippen molar-refractivity contribution >= 4 is 23.2 Å². The third kappa shape index (κ3) is 4.77. The standard InChI is InChI=1S/C22H28Cl2/c1-21(2,3)17-9-11-19(23)15(13-17)7-8-16-14-18(22(4,5)6)10-12-20(16)24/h9-14H,7-8H2,1-6H3. The van der Waals surface area contributed by atoms with Crippen LogP contribution in [-0.2, 0) is 23.7 Å². The molecule has 0 aliphatic rings. The minimum absolute atomic E-state index is 0.128. The van der Waals surface area contributed by atoms with Crippen molar-refractivity contribution in [3.8, 4) is 0 Å². The molecule has 2 rings (SSSR count). The van der Waals surface area contributed by atoms with Crippen molar-refractivity contribution in [2.24, 2.45) is 0 Å². The molecule has 0 N–H and O–H groups in total. The van der Waals surface area contributed by atoms with Crippen LogP contribution in [0.5, 0.6) is 0 Å². The lowest BCUT2D eigenvalue weighted by Gasteiger charge is -2.21. The van der Waals surface area contributed by atoms with E-state index in [2.05, 4.69) is 65.8 Å². The van der Waals surface area contributed by atoms with Crippen LogP contribution in [0.2, 0.25) is 10.0 Å². The fourth-order valence-electron chi connectivity index (χ4n) is 2.74. The largest absolute Gasteiger partial charge is 0.0840 e. The van der Waals surface area contributed by atoms with E-state index in [-0.39, 0.29) is 10.8 Å². The Morgan fingerprint density at radius 3 is 1.25 bits per heavy atom. The van der Waals surface area contributed by atoms with Gasteiger partial charge in [0.05, 0.1) is 0 Å². The fraction of sp³-hybridized carbons (Fsp3) is 0.455.